The molecule has 1 heterocycles. The fraction of sp³-hybridized carbons (Fsp3) is 0.250. The molecule has 0 radical (unpaired) electrons. The Labute approximate surface area is 102 Å². The van der Waals surface area contributed by atoms with Crippen LogP contribution in [0.3, 0.4) is 0 Å². The van der Waals surface area contributed by atoms with Crippen LogP contribution in [-0.4, -0.2) is 23.3 Å². The highest BCUT2D eigenvalue weighted by Gasteiger charge is 2.23. The van der Waals surface area contributed by atoms with Gasteiger partial charge in [-0.25, -0.2) is 4.79 Å². The molecule has 96 valence electrons. The van der Waals surface area contributed by atoms with E-state index in [0.29, 0.717) is 0 Å². The Bertz CT molecular complexity index is 526. The first-order chi connectivity index (χ1) is 8.38. The number of hydrogen-bond donors (Lipinski definition) is 0. The molecule has 0 aliphatic heterocycles. The second-order valence-corrected chi connectivity index (χ2v) is 3.46. The van der Waals surface area contributed by atoms with Crippen LogP contribution in [0, 0.1) is 18.8 Å². The monoisotopic (exact) mass is 255 g/mol. The van der Waals surface area contributed by atoms with E-state index in [2.05, 4.69) is 16.3 Å². The number of aryl methyl sites for hydroxylation is 1. The molecule has 1 aromatic rings. The summed E-state index contributed by atoms with van der Waals surface area (Å²) in [6, 6.07) is 0.977. The summed E-state index contributed by atoms with van der Waals surface area (Å²) in [6.45, 7) is 6.17. The van der Waals surface area contributed by atoms with Crippen molar-refractivity contribution < 1.29 is 23.1 Å². The quantitative estimate of drug-likeness (QED) is 0.206. The summed E-state index contributed by atoms with van der Waals surface area (Å²) < 4.78 is 30.8. The van der Waals surface area contributed by atoms with Gasteiger partial charge >= 0.3 is 5.97 Å². The van der Waals surface area contributed by atoms with Gasteiger partial charge in [-0.15, -0.1) is 0 Å². The van der Waals surface area contributed by atoms with Gasteiger partial charge in [-0.2, -0.15) is 13.8 Å². The van der Waals surface area contributed by atoms with Crippen molar-refractivity contribution in [2.45, 2.75) is 13.8 Å². The molecule has 0 fully saturated rings. The van der Waals surface area contributed by atoms with Crippen molar-refractivity contribution in [3.05, 3.63) is 41.2 Å². The molecule has 0 bridgehead atoms. The van der Waals surface area contributed by atoms with Crippen LogP contribution in [0.2, 0.25) is 0 Å². The van der Waals surface area contributed by atoms with Crippen LogP contribution in [-0.2, 0) is 9.53 Å². The molecule has 0 aromatic carbocycles. The molecule has 0 saturated carbocycles. The number of pyridine rings is 1. The molecule has 6 heteroatoms. The maximum atomic E-state index is 13.3. The second kappa shape index (κ2) is 5.48. The molecular formula is C12H11F2NO3. The second-order valence-electron chi connectivity index (χ2n) is 3.46. The van der Waals surface area contributed by atoms with Crippen molar-refractivity contribution in [1.82, 2.24) is 4.98 Å². The lowest BCUT2D eigenvalue weighted by molar-refractivity contribution is -0.138. The van der Waals surface area contributed by atoms with Crippen LogP contribution in [0.25, 0.3) is 0 Å². The zero-order valence-electron chi connectivity index (χ0n) is 9.92. The van der Waals surface area contributed by atoms with E-state index >= 15 is 0 Å². The number of rotatable bonds is 4. The van der Waals surface area contributed by atoms with Crippen LogP contribution < -0.4 is 0 Å². The largest absolute Gasteiger partial charge is 0.462 e. The number of nitrogens with zero attached hydrogens (tertiary/aromatic N) is 1. The van der Waals surface area contributed by atoms with Crippen molar-refractivity contribution in [3.63, 3.8) is 0 Å². The molecule has 0 saturated heterocycles. The third-order valence-electron chi connectivity index (χ3n) is 2.15. The molecule has 0 aliphatic carbocycles. The van der Waals surface area contributed by atoms with Crippen molar-refractivity contribution in [2.24, 2.45) is 0 Å². The highest BCUT2D eigenvalue weighted by atomic mass is 19.1. The predicted molar refractivity (Wildman–Crippen MR) is 59.0 cm³/mol. The zero-order chi connectivity index (χ0) is 13.9. The van der Waals surface area contributed by atoms with Crippen molar-refractivity contribution in [2.75, 3.05) is 6.61 Å². The minimum Gasteiger partial charge on any atom is -0.462 e. The third-order valence-corrected chi connectivity index (χ3v) is 2.15. The number of carbonyl (C=O) groups is 2. The fourth-order valence-corrected chi connectivity index (χ4v) is 1.20. The van der Waals surface area contributed by atoms with Crippen molar-refractivity contribution >= 4 is 11.8 Å². The van der Waals surface area contributed by atoms with Crippen LogP contribution >= 0.6 is 0 Å². The summed E-state index contributed by atoms with van der Waals surface area (Å²) in [7, 11) is 0. The third kappa shape index (κ3) is 2.77. The molecule has 0 atom stereocenters. The zero-order valence-corrected chi connectivity index (χ0v) is 9.92. The van der Waals surface area contributed by atoms with E-state index in [4.69, 9.17) is 0 Å². The van der Waals surface area contributed by atoms with Gasteiger partial charge < -0.3 is 4.74 Å². The Morgan fingerprint density at radius 1 is 1.39 bits per heavy atom. The number of esters is 1. The first-order valence-electron chi connectivity index (χ1n) is 5.11. The minimum absolute atomic E-state index is 0.00333. The first kappa shape index (κ1) is 14.0. The minimum atomic E-state index is -1.28. The van der Waals surface area contributed by atoms with E-state index in [-0.39, 0.29) is 12.2 Å². The lowest BCUT2D eigenvalue weighted by Crippen LogP contribution is -2.17. The average Bonchev–Trinajstić information content (AvgIpc) is 2.32. The van der Waals surface area contributed by atoms with E-state index in [9.17, 15) is 18.4 Å². The Morgan fingerprint density at radius 3 is 2.56 bits per heavy atom. The number of ketones is 1. The molecule has 0 unspecified atom stereocenters. The Kier molecular flexibility index (Phi) is 4.25. The molecule has 0 spiro atoms. The van der Waals surface area contributed by atoms with Gasteiger partial charge in [0.1, 0.15) is 5.57 Å². The summed E-state index contributed by atoms with van der Waals surface area (Å²) in [5.41, 5.74) is -1.04. The van der Waals surface area contributed by atoms with E-state index in [1.807, 2.05) is 0 Å². The van der Waals surface area contributed by atoms with E-state index in [1.165, 1.54) is 6.92 Å². The van der Waals surface area contributed by atoms with Gasteiger partial charge in [-0.05, 0) is 19.9 Å². The molecule has 1 aromatic heterocycles. The normalized spacial score (nSPS) is 10.0. The fourth-order valence-electron chi connectivity index (χ4n) is 1.20. The van der Waals surface area contributed by atoms with Gasteiger partial charge in [0.2, 0.25) is 17.7 Å². The van der Waals surface area contributed by atoms with Gasteiger partial charge in [0.15, 0.2) is 0 Å². The van der Waals surface area contributed by atoms with Crippen LogP contribution in [0.5, 0.6) is 0 Å². The smallest absolute Gasteiger partial charge is 0.341 e. The van der Waals surface area contributed by atoms with E-state index < -0.39 is 34.8 Å². The maximum absolute atomic E-state index is 13.3. The molecule has 18 heavy (non-hydrogen) atoms. The summed E-state index contributed by atoms with van der Waals surface area (Å²) in [5, 5.41) is 0. The number of carbonyl (C=O) groups excluding carboxylic acids is 2. The highest BCUT2D eigenvalue weighted by Crippen LogP contribution is 2.15. The molecule has 1 rings (SSSR count). The highest BCUT2D eigenvalue weighted by molar-refractivity contribution is 6.23. The molecule has 4 nitrogen and oxygen atoms in total. The number of ether oxygens (including phenoxy) is 1. The van der Waals surface area contributed by atoms with Gasteiger partial charge in [0.25, 0.3) is 0 Å². The molecular weight excluding hydrogens is 244 g/mol. The lowest BCUT2D eigenvalue weighted by atomic mass is 10.1. The topological polar surface area (TPSA) is 56.3 Å². The summed E-state index contributed by atoms with van der Waals surface area (Å²) in [5.74, 6) is -4.20. The Morgan fingerprint density at radius 2 is 2.00 bits per heavy atom. The maximum Gasteiger partial charge on any atom is 0.341 e. The summed E-state index contributed by atoms with van der Waals surface area (Å²) in [6.07, 6.45) is 0. The Balaban J connectivity index is 3.08. The van der Waals surface area contributed by atoms with Crippen LogP contribution in [0.15, 0.2) is 18.2 Å². The molecule has 0 aliphatic rings. The number of Topliss-reactive ketones (excluding diaryl/α,β-unsaturated/α-hetero) is 1. The van der Waals surface area contributed by atoms with E-state index in [0.717, 1.165) is 6.07 Å². The SMILES string of the molecule is C=C(C(=O)OCC)C(=O)c1cc(C)c(F)nc1F. The van der Waals surface area contributed by atoms with Crippen LogP contribution in [0.4, 0.5) is 8.78 Å². The lowest BCUT2D eigenvalue weighted by Gasteiger charge is -2.06. The first-order valence-corrected chi connectivity index (χ1v) is 5.11. The van der Waals surface area contributed by atoms with Crippen molar-refractivity contribution in [3.8, 4) is 0 Å². The van der Waals surface area contributed by atoms with Gasteiger partial charge in [-0.1, -0.05) is 6.58 Å². The summed E-state index contributed by atoms with van der Waals surface area (Å²) >= 11 is 0. The summed E-state index contributed by atoms with van der Waals surface area (Å²) in [4.78, 5) is 25.9. The molecule has 0 N–H and O–H groups in total. The number of hydrogen-bond acceptors (Lipinski definition) is 4. The average molecular weight is 255 g/mol. The Hall–Kier alpha value is -2.11. The predicted octanol–water partition coefficient (Wildman–Crippen LogP) is 1.97. The van der Waals surface area contributed by atoms with Gasteiger partial charge in [0, 0.05) is 5.56 Å². The van der Waals surface area contributed by atoms with Crippen LogP contribution in [0.1, 0.15) is 22.8 Å². The van der Waals surface area contributed by atoms with Crippen molar-refractivity contribution in [1.29, 1.82) is 0 Å². The van der Waals surface area contributed by atoms with Gasteiger partial charge in [-0.3, -0.25) is 4.79 Å². The van der Waals surface area contributed by atoms with Gasteiger partial charge in [0.05, 0.1) is 12.2 Å². The number of aromatic nitrogens is 1. The number of halogens is 2. The molecule has 0 amide bonds. The van der Waals surface area contributed by atoms with E-state index in [1.54, 1.807) is 6.92 Å². The standard InChI is InChI=1S/C12H11F2NO3/c1-4-18-12(17)7(3)9(16)8-5-6(2)10(13)15-11(8)14/h5H,3-4H2,1-2H3.